The SMILES string of the molecule is Brc1ccc(-c2nnc(-c3ccc(Br)cc3)[se]2)cc1. The fourth-order valence-electron chi connectivity index (χ4n) is 1.64. The molecular formula is C14H8Br2N2Se. The molecule has 0 atom stereocenters. The van der Waals surface area contributed by atoms with Gasteiger partial charge >= 0.3 is 134 Å². The van der Waals surface area contributed by atoms with Crippen LogP contribution in [0.1, 0.15) is 0 Å². The van der Waals surface area contributed by atoms with Crippen molar-refractivity contribution in [3.8, 4) is 20.3 Å². The molecule has 0 unspecified atom stereocenters. The van der Waals surface area contributed by atoms with E-state index in [0.29, 0.717) is 0 Å². The summed E-state index contributed by atoms with van der Waals surface area (Å²) < 4.78 is 4.32. The quantitative estimate of drug-likeness (QED) is 0.550. The summed E-state index contributed by atoms with van der Waals surface area (Å²) in [4.78, 5) is 0. The second-order valence-corrected chi connectivity index (χ2v) is 7.81. The summed E-state index contributed by atoms with van der Waals surface area (Å²) in [5, 5.41) is 8.64. The van der Waals surface area contributed by atoms with Gasteiger partial charge in [0.1, 0.15) is 0 Å². The first-order chi connectivity index (χ1) is 9.22. The van der Waals surface area contributed by atoms with Gasteiger partial charge in [-0.1, -0.05) is 0 Å². The number of rotatable bonds is 2. The molecule has 0 radical (unpaired) electrons. The monoisotopic (exact) mass is 442 g/mol. The van der Waals surface area contributed by atoms with E-state index in [0.717, 1.165) is 29.2 Å². The molecule has 0 N–H and O–H groups in total. The molecule has 0 amide bonds. The molecule has 2 nitrogen and oxygen atoms in total. The summed E-state index contributed by atoms with van der Waals surface area (Å²) in [5.41, 5.74) is 2.30. The van der Waals surface area contributed by atoms with Crippen LogP contribution in [0.5, 0.6) is 0 Å². The van der Waals surface area contributed by atoms with Gasteiger partial charge in [0.2, 0.25) is 0 Å². The Morgan fingerprint density at radius 2 is 1.00 bits per heavy atom. The normalized spacial score (nSPS) is 10.6. The van der Waals surface area contributed by atoms with Crippen LogP contribution in [0.15, 0.2) is 57.5 Å². The summed E-state index contributed by atoms with van der Waals surface area (Å²) in [6, 6.07) is 16.4. The number of halogens is 2. The Labute approximate surface area is 133 Å². The molecule has 19 heavy (non-hydrogen) atoms. The Kier molecular flexibility index (Phi) is 3.99. The summed E-state index contributed by atoms with van der Waals surface area (Å²) >= 11 is 7.05. The third-order valence-electron chi connectivity index (χ3n) is 2.61. The number of nitrogens with zero attached hydrogens (tertiary/aromatic N) is 2. The maximum atomic E-state index is 4.32. The number of hydrogen-bond donors (Lipinski definition) is 0. The van der Waals surface area contributed by atoms with Gasteiger partial charge in [0.05, 0.1) is 0 Å². The van der Waals surface area contributed by atoms with E-state index in [1.165, 1.54) is 0 Å². The van der Waals surface area contributed by atoms with Gasteiger partial charge in [-0.3, -0.25) is 0 Å². The molecule has 3 aromatic rings. The van der Waals surface area contributed by atoms with E-state index in [2.05, 4.69) is 66.3 Å². The molecule has 94 valence electrons. The molecule has 0 saturated heterocycles. The molecule has 0 spiro atoms. The van der Waals surface area contributed by atoms with Crippen molar-refractivity contribution in [1.82, 2.24) is 10.2 Å². The molecule has 3 rings (SSSR count). The van der Waals surface area contributed by atoms with Gasteiger partial charge in [-0.05, 0) is 0 Å². The number of aromatic nitrogens is 2. The molecule has 2 aromatic carbocycles. The predicted molar refractivity (Wildman–Crippen MR) is 85.2 cm³/mol. The van der Waals surface area contributed by atoms with E-state index in [-0.39, 0.29) is 14.5 Å². The number of hydrogen-bond acceptors (Lipinski definition) is 2. The Bertz CT molecular complexity index is 630. The Hall–Kier alpha value is -0.741. The fourth-order valence-corrected chi connectivity index (χ4v) is 3.96. The van der Waals surface area contributed by atoms with Gasteiger partial charge in [-0.15, -0.1) is 0 Å². The number of benzene rings is 2. The first-order valence-electron chi connectivity index (χ1n) is 5.58. The predicted octanol–water partition coefficient (Wildman–Crippen LogP) is 4.39. The van der Waals surface area contributed by atoms with E-state index in [1.54, 1.807) is 0 Å². The topological polar surface area (TPSA) is 25.8 Å². The minimum absolute atomic E-state index is 0.168. The molecule has 0 bridgehead atoms. The van der Waals surface area contributed by atoms with Crippen LogP contribution >= 0.6 is 31.9 Å². The van der Waals surface area contributed by atoms with Crippen LogP contribution in [-0.2, 0) is 0 Å². The zero-order chi connectivity index (χ0) is 13.2. The van der Waals surface area contributed by atoms with Crippen LogP contribution in [0.25, 0.3) is 20.3 Å². The average Bonchev–Trinajstić information content (AvgIpc) is 2.90. The van der Waals surface area contributed by atoms with Crippen molar-refractivity contribution in [2.75, 3.05) is 0 Å². The Morgan fingerprint density at radius 3 is 1.37 bits per heavy atom. The van der Waals surface area contributed by atoms with Gasteiger partial charge in [-0.25, -0.2) is 0 Å². The van der Waals surface area contributed by atoms with Crippen LogP contribution in [0.4, 0.5) is 0 Å². The van der Waals surface area contributed by atoms with Crippen LogP contribution in [0.3, 0.4) is 0 Å². The van der Waals surface area contributed by atoms with Crippen molar-refractivity contribution in [1.29, 1.82) is 0 Å². The second-order valence-electron chi connectivity index (χ2n) is 3.93. The van der Waals surface area contributed by atoms with Gasteiger partial charge in [0.25, 0.3) is 0 Å². The Morgan fingerprint density at radius 1 is 0.632 bits per heavy atom. The molecule has 0 aliphatic carbocycles. The molecule has 5 heteroatoms. The van der Waals surface area contributed by atoms with Crippen LogP contribution < -0.4 is 0 Å². The van der Waals surface area contributed by atoms with Crippen molar-refractivity contribution < 1.29 is 0 Å². The molecule has 0 aliphatic rings. The van der Waals surface area contributed by atoms with Crippen molar-refractivity contribution in [2.24, 2.45) is 0 Å². The van der Waals surface area contributed by atoms with E-state index >= 15 is 0 Å². The van der Waals surface area contributed by atoms with E-state index in [9.17, 15) is 0 Å². The van der Waals surface area contributed by atoms with E-state index in [4.69, 9.17) is 0 Å². The van der Waals surface area contributed by atoms with Crippen LogP contribution in [-0.4, -0.2) is 24.7 Å². The van der Waals surface area contributed by atoms with Crippen LogP contribution in [0, 0.1) is 0 Å². The zero-order valence-corrected chi connectivity index (χ0v) is 14.6. The van der Waals surface area contributed by atoms with E-state index in [1.807, 2.05) is 24.3 Å². The summed E-state index contributed by atoms with van der Waals surface area (Å²) in [5.74, 6) is 0. The van der Waals surface area contributed by atoms with Crippen molar-refractivity contribution in [3.63, 3.8) is 0 Å². The van der Waals surface area contributed by atoms with Crippen molar-refractivity contribution in [2.45, 2.75) is 0 Å². The zero-order valence-electron chi connectivity index (χ0n) is 9.68. The molecular weight excluding hydrogens is 435 g/mol. The third-order valence-corrected chi connectivity index (χ3v) is 5.81. The molecule has 1 heterocycles. The maximum absolute atomic E-state index is 4.32. The van der Waals surface area contributed by atoms with Crippen molar-refractivity contribution in [3.05, 3.63) is 57.5 Å². The standard InChI is InChI=1S/C14H8Br2N2Se/c15-11-5-1-9(2-6-11)13-17-18-14(19-13)10-3-7-12(16)8-4-10/h1-8H. The van der Waals surface area contributed by atoms with Crippen LogP contribution in [0.2, 0.25) is 0 Å². The average molecular weight is 443 g/mol. The van der Waals surface area contributed by atoms with Gasteiger partial charge in [-0.2, -0.15) is 0 Å². The van der Waals surface area contributed by atoms with Gasteiger partial charge < -0.3 is 0 Å². The minimum atomic E-state index is 0.168. The van der Waals surface area contributed by atoms with Crippen molar-refractivity contribution >= 4 is 46.4 Å². The third kappa shape index (κ3) is 3.06. The van der Waals surface area contributed by atoms with Gasteiger partial charge in [0, 0.05) is 0 Å². The molecule has 0 saturated carbocycles. The Balaban J connectivity index is 1.95. The van der Waals surface area contributed by atoms with Gasteiger partial charge in [0.15, 0.2) is 0 Å². The van der Waals surface area contributed by atoms with E-state index < -0.39 is 0 Å². The molecule has 0 aliphatic heterocycles. The molecule has 0 fully saturated rings. The fraction of sp³-hybridized carbons (Fsp3) is 0. The first kappa shape index (κ1) is 13.3. The first-order valence-corrected chi connectivity index (χ1v) is 8.88. The summed E-state index contributed by atoms with van der Waals surface area (Å²) in [7, 11) is 0. The second kappa shape index (κ2) is 5.71. The molecule has 1 aromatic heterocycles. The summed E-state index contributed by atoms with van der Waals surface area (Å²) in [6.07, 6.45) is 0. The summed E-state index contributed by atoms with van der Waals surface area (Å²) in [6.45, 7) is 0.